The van der Waals surface area contributed by atoms with Gasteiger partial charge in [0.25, 0.3) is 5.91 Å². The van der Waals surface area contributed by atoms with Crippen LogP contribution in [0.15, 0.2) is 12.2 Å². The van der Waals surface area contributed by atoms with E-state index in [4.69, 9.17) is 4.74 Å². The number of carbonyl (C=O) groups excluding carboxylic acids is 1. The number of amides is 1. The Morgan fingerprint density at radius 2 is 1.79 bits per heavy atom. The second-order valence-electron chi connectivity index (χ2n) is 2.88. The normalized spacial score (nSPS) is 18.1. The summed E-state index contributed by atoms with van der Waals surface area (Å²) < 4.78 is 41.1. The lowest BCUT2D eigenvalue weighted by Gasteiger charge is -2.27. The highest BCUT2D eigenvalue weighted by Crippen LogP contribution is 2.25. The van der Waals surface area contributed by atoms with E-state index in [9.17, 15) is 18.0 Å². The number of ether oxygens (including phenoxy) is 1. The highest BCUT2D eigenvalue weighted by molar-refractivity contribution is 5.94. The monoisotopic (exact) mass is 209 g/mol. The average Bonchev–Trinajstić information content (AvgIpc) is 2.15. The van der Waals surface area contributed by atoms with E-state index in [2.05, 4.69) is 6.58 Å². The van der Waals surface area contributed by atoms with Gasteiger partial charge in [-0.1, -0.05) is 6.58 Å². The smallest absolute Gasteiger partial charge is 0.378 e. The van der Waals surface area contributed by atoms with E-state index in [1.165, 1.54) is 0 Å². The Hall–Kier alpha value is -1.04. The number of morpholine rings is 1. The molecule has 0 bridgehead atoms. The topological polar surface area (TPSA) is 29.5 Å². The Balaban J connectivity index is 2.60. The maximum atomic E-state index is 12.1. The predicted molar refractivity (Wildman–Crippen MR) is 42.6 cm³/mol. The van der Waals surface area contributed by atoms with Crippen LogP contribution in [0.3, 0.4) is 0 Å². The quantitative estimate of drug-likeness (QED) is 0.602. The fraction of sp³-hybridized carbons (Fsp3) is 0.625. The van der Waals surface area contributed by atoms with Crippen LogP contribution in [0, 0.1) is 0 Å². The van der Waals surface area contributed by atoms with Gasteiger partial charge in [0, 0.05) is 13.1 Å². The van der Waals surface area contributed by atoms with Gasteiger partial charge in [-0.05, 0) is 0 Å². The van der Waals surface area contributed by atoms with Crippen LogP contribution in [-0.4, -0.2) is 43.3 Å². The van der Waals surface area contributed by atoms with Gasteiger partial charge >= 0.3 is 6.18 Å². The summed E-state index contributed by atoms with van der Waals surface area (Å²) in [4.78, 5) is 12.3. The van der Waals surface area contributed by atoms with Gasteiger partial charge in [0.05, 0.1) is 13.2 Å². The van der Waals surface area contributed by atoms with Gasteiger partial charge in [0.2, 0.25) is 0 Å². The van der Waals surface area contributed by atoms with Crippen LogP contribution < -0.4 is 0 Å². The van der Waals surface area contributed by atoms with Crippen LogP contribution in [-0.2, 0) is 9.53 Å². The van der Waals surface area contributed by atoms with Crippen molar-refractivity contribution in [2.45, 2.75) is 6.18 Å². The molecule has 0 aliphatic carbocycles. The van der Waals surface area contributed by atoms with Gasteiger partial charge < -0.3 is 9.64 Å². The molecule has 1 saturated heterocycles. The predicted octanol–water partition coefficient (Wildman–Crippen LogP) is 0.964. The molecule has 3 nitrogen and oxygen atoms in total. The molecule has 0 saturated carbocycles. The SMILES string of the molecule is C=C(C(=O)N1CCOCC1)C(F)(F)F. The number of carbonyl (C=O) groups is 1. The molecule has 0 aromatic carbocycles. The number of alkyl halides is 3. The van der Waals surface area contributed by atoms with Crippen molar-refractivity contribution < 1.29 is 22.7 Å². The molecule has 14 heavy (non-hydrogen) atoms. The van der Waals surface area contributed by atoms with E-state index in [0.717, 1.165) is 4.90 Å². The van der Waals surface area contributed by atoms with E-state index in [1.54, 1.807) is 0 Å². The summed E-state index contributed by atoms with van der Waals surface area (Å²) >= 11 is 0. The summed E-state index contributed by atoms with van der Waals surface area (Å²) in [7, 11) is 0. The first-order valence-corrected chi connectivity index (χ1v) is 4.06. The zero-order valence-corrected chi connectivity index (χ0v) is 7.43. The summed E-state index contributed by atoms with van der Waals surface area (Å²) in [5, 5.41) is 0. The highest BCUT2D eigenvalue weighted by atomic mass is 19.4. The third kappa shape index (κ3) is 2.47. The van der Waals surface area contributed by atoms with Crippen LogP contribution in [0.5, 0.6) is 0 Å². The summed E-state index contributed by atoms with van der Waals surface area (Å²) in [6.45, 7) is 3.67. The van der Waals surface area contributed by atoms with E-state index in [-0.39, 0.29) is 26.3 Å². The zero-order valence-electron chi connectivity index (χ0n) is 7.43. The molecule has 0 unspecified atom stereocenters. The second-order valence-corrected chi connectivity index (χ2v) is 2.88. The second kappa shape index (κ2) is 4.00. The van der Waals surface area contributed by atoms with Gasteiger partial charge in [0.15, 0.2) is 0 Å². The lowest BCUT2D eigenvalue weighted by Crippen LogP contribution is -2.43. The van der Waals surface area contributed by atoms with Crippen LogP contribution in [0.4, 0.5) is 13.2 Å². The molecule has 0 aromatic rings. The van der Waals surface area contributed by atoms with Crippen molar-refractivity contribution in [2.24, 2.45) is 0 Å². The molecule has 0 spiro atoms. The highest BCUT2D eigenvalue weighted by Gasteiger charge is 2.39. The van der Waals surface area contributed by atoms with Crippen LogP contribution in [0.1, 0.15) is 0 Å². The molecule has 1 aliphatic rings. The van der Waals surface area contributed by atoms with Gasteiger partial charge in [-0.3, -0.25) is 4.79 Å². The van der Waals surface area contributed by atoms with Gasteiger partial charge in [-0.2, -0.15) is 13.2 Å². The molecule has 1 rings (SSSR count). The Bertz CT molecular complexity index is 243. The number of hydrogen-bond acceptors (Lipinski definition) is 2. The van der Waals surface area contributed by atoms with Crippen molar-refractivity contribution in [1.29, 1.82) is 0 Å². The van der Waals surface area contributed by atoms with Gasteiger partial charge in [-0.25, -0.2) is 0 Å². The average molecular weight is 209 g/mol. The van der Waals surface area contributed by atoms with E-state index in [1.807, 2.05) is 0 Å². The molecule has 80 valence electrons. The van der Waals surface area contributed by atoms with Crippen molar-refractivity contribution in [1.82, 2.24) is 4.90 Å². The maximum absolute atomic E-state index is 12.1. The van der Waals surface area contributed by atoms with Crippen molar-refractivity contribution >= 4 is 5.91 Å². The number of rotatable bonds is 1. The van der Waals surface area contributed by atoms with Crippen LogP contribution in [0.25, 0.3) is 0 Å². The minimum Gasteiger partial charge on any atom is -0.378 e. The molecule has 1 amide bonds. The minimum absolute atomic E-state index is 0.188. The minimum atomic E-state index is -4.64. The molecule has 1 aliphatic heterocycles. The zero-order chi connectivity index (χ0) is 10.8. The van der Waals surface area contributed by atoms with Crippen molar-refractivity contribution in [3.05, 3.63) is 12.2 Å². The van der Waals surface area contributed by atoms with Crippen molar-refractivity contribution in [3.8, 4) is 0 Å². The largest absolute Gasteiger partial charge is 0.421 e. The Kier molecular flexibility index (Phi) is 3.15. The molecule has 0 aromatic heterocycles. The van der Waals surface area contributed by atoms with Crippen molar-refractivity contribution in [3.63, 3.8) is 0 Å². The molecular weight excluding hydrogens is 199 g/mol. The molecule has 0 radical (unpaired) electrons. The number of nitrogens with zero attached hydrogens (tertiary/aromatic N) is 1. The molecule has 1 heterocycles. The van der Waals surface area contributed by atoms with Crippen LogP contribution in [0.2, 0.25) is 0 Å². The first kappa shape index (κ1) is 11.0. The third-order valence-electron chi connectivity index (χ3n) is 1.90. The number of halogens is 3. The first-order chi connectivity index (χ1) is 6.43. The summed E-state index contributed by atoms with van der Waals surface area (Å²) in [5.74, 6) is -1.05. The molecule has 6 heteroatoms. The van der Waals surface area contributed by atoms with Gasteiger partial charge in [-0.15, -0.1) is 0 Å². The lowest BCUT2D eigenvalue weighted by molar-refractivity contribution is -0.142. The van der Waals surface area contributed by atoms with Gasteiger partial charge in [0.1, 0.15) is 5.57 Å². The lowest BCUT2D eigenvalue weighted by atomic mass is 10.2. The Morgan fingerprint density at radius 1 is 1.29 bits per heavy atom. The number of hydrogen-bond donors (Lipinski definition) is 0. The summed E-state index contributed by atoms with van der Waals surface area (Å²) in [6.07, 6.45) is -4.64. The summed E-state index contributed by atoms with van der Waals surface area (Å²) in [5.41, 5.74) is -1.32. The Morgan fingerprint density at radius 3 is 2.21 bits per heavy atom. The molecular formula is C8H10F3NO2. The third-order valence-corrected chi connectivity index (χ3v) is 1.90. The fourth-order valence-corrected chi connectivity index (χ4v) is 1.08. The summed E-state index contributed by atoms with van der Waals surface area (Å²) in [6, 6.07) is 0. The maximum Gasteiger partial charge on any atom is 0.421 e. The van der Waals surface area contributed by atoms with E-state index in [0.29, 0.717) is 0 Å². The molecule has 1 fully saturated rings. The fourth-order valence-electron chi connectivity index (χ4n) is 1.08. The van der Waals surface area contributed by atoms with E-state index >= 15 is 0 Å². The van der Waals surface area contributed by atoms with Crippen molar-refractivity contribution in [2.75, 3.05) is 26.3 Å². The molecule has 0 atom stereocenters. The van der Waals surface area contributed by atoms with E-state index < -0.39 is 17.7 Å². The standard InChI is InChI=1S/C8H10F3NO2/c1-6(8(9,10)11)7(13)12-2-4-14-5-3-12/h1-5H2. The Labute approximate surface area is 79.1 Å². The first-order valence-electron chi connectivity index (χ1n) is 4.06. The van der Waals surface area contributed by atoms with Crippen LogP contribution >= 0.6 is 0 Å². The molecule has 0 N–H and O–H groups in total.